The van der Waals surface area contributed by atoms with Gasteiger partial charge in [0.05, 0.1) is 25.9 Å². The van der Waals surface area contributed by atoms with Crippen molar-refractivity contribution in [2.45, 2.75) is 0 Å². The number of halogens is 1. The third-order valence-corrected chi connectivity index (χ3v) is 4.97. The Morgan fingerprint density at radius 2 is 2.00 bits per heavy atom. The first-order valence-corrected chi connectivity index (χ1v) is 8.12. The lowest BCUT2D eigenvalue weighted by atomic mass is 10.3. The maximum Gasteiger partial charge on any atom is 0.332 e. The Balaban J connectivity index is 2.05. The van der Waals surface area contributed by atoms with Gasteiger partial charge in [0.2, 0.25) is 0 Å². The van der Waals surface area contributed by atoms with Crippen LogP contribution in [0.5, 0.6) is 0 Å². The Hall–Kier alpha value is -2.26. The van der Waals surface area contributed by atoms with Crippen molar-refractivity contribution in [3.8, 4) is 0 Å². The highest BCUT2D eigenvalue weighted by Gasteiger charge is 2.13. The maximum absolute atomic E-state index is 12.2. The Bertz CT molecular complexity index is 1050. The topological polar surface area (TPSA) is 86.0 Å². The summed E-state index contributed by atoms with van der Waals surface area (Å²) in [7, 11) is 2.94. The van der Waals surface area contributed by atoms with Crippen LogP contribution in [0.2, 0.25) is 0 Å². The van der Waals surface area contributed by atoms with Crippen LogP contribution in [0.4, 0.5) is 5.69 Å². The van der Waals surface area contributed by atoms with Crippen LogP contribution in [0.1, 0.15) is 9.67 Å². The van der Waals surface area contributed by atoms with Crippen molar-refractivity contribution in [3.63, 3.8) is 0 Å². The molecule has 0 spiro atoms. The molecule has 1 amide bonds. The smallest absolute Gasteiger partial charge is 0.320 e. The van der Waals surface area contributed by atoms with Crippen molar-refractivity contribution < 1.29 is 4.79 Å². The number of amides is 1. The van der Waals surface area contributed by atoms with E-state index in [0.29, 0.717) is 10.6 Å². The fraction of sp³-hybridized carbons (Fsp3) is 0.143. The number of thiophene rings is 1. The van der Waals surface area contributed by atoms with Crippen molar-refractivity contribution >= 4 is 49.9 Å². The number of anilines is 1. The summed E-state index contributed by atoms with van der Waals surface area (Å²) in [6, 6.07) is 5.00. The van der Waals surface area contributed by atoms with E-state index in [1.165, 1.54) is 35.2 Å². The van der Waals surface area contributed by atoms with E-state index in [2.05, 4.69) is 26.2 Å². The number of hydrogen-bond donors (Lipinski definition) is 1. The molecule has 0 atom stereocenters. The molecule has 3 aromatic rings. The summed E-state index contributed by atoms with van der Waals surface area (Å²) in [5, 5.41) is 2.96. The third-order valence-electron chi connectivity index (χ3n) is 3.35. The van der Waals surface area contributed by atoms with Crippen molar-refractivity contribution in [3.05, 3.63) is 53.9 Å². The molecule has 0 unspecified atom stereocenters. The molecule has 3 aromatic heterocycles. The maximum atomic E-state index is 12.2. The predicted molar refractivity (Wildman–Crippen MR) is 92.2 cm³/mol. The minimum Gasteiger partial charge on any atom is -0.320 e. The van der Waals surface area contributed by atoms with Gasteiger partial charge in [-0.25, -0.2) is 9.78 Å². The monoisotopic (exact) mass is 394 g/mol. The lowest BCUT2D eigenvalue weighted by molar-refractivity contribution is 0.103. The average molecular weight is 395 g/mol. The fourth-order valence-electron chi connectivity index (χ4n) is 2.16. The van der Waals surface area contributed by atoms with Crippen LogP contribution in [-0.2, 0) is 14.1 Å². The molecular formula is C14H11BrN4O3S. The van der Waals surface area contributed by atoms with E-state index < -0.39 is 11.2 Å². The largest absolute Gasteiger partial charge is 0.332 e. The molecule has 23 heavy (non-hydrogen) atoms. The standard InChI is InChI=1S/C14H11BrN4O3S/c1-18-11-8(13(21)19(2)14(18)22)5-7(6-16-11)17-12(20)9-3-4-10(15)23-9/h3-6H,1-2H3,(H,17,20). The summed E-state index contributed by atoms with van der Waals surface area (Å²) in [6.07, 6.45) is 1.42. The molecule has 0 radical (unpaired) electrons. The van der Waals surface area contributed by atoms with Gasteiger partial charge in [-0.1, -0.05) is 0 Å². The van der Waals surface area contributed by atoms with Crippen molar-refractivity contribution in [1.82, 2.24) is 14.1 Å². The van der Waals surface area contributed by atoms with Gasteiger partial charge in [0.1, 0.15) is 5.65 Å². The molecule has 0 saturated heterocycles. The normalized spacial score (nSPS) is 10.9. The van der Waals surface area contributed by atoms with Gasteiger partial charge in [-0.2, -0.15) is 0 Å². The molecule has 7 nitrogen and oxygen atoms in total. The van der Waals surface area contributed by atoms with Crippen molar-refractivity contribution in [1.29, 1.82) is 0 Å². The second-order valence-corrected chi connectivity index (χ2v) is 7.32. The van der Waals surface area contributed by atoms with E-state index >= 15 is 0 Å². The first-order chi connectivity index (χ1) is 10.9. The Kier molecular flexibility index (Phi) is 3.90. The Labute approximate surface area is 142 Å². The van der Waals surface area contributed by atoms with Crippen molar-refractivity contribution in [2.75, 3.05) is 5.32 Å². The minimum atomic E-state index is -0.453. The molecule has 0 bridgehead atoms. The van der Waals surface area contributed by atoms with Crippen molar-refractivity contribution in [2.24, 2.45) is 14.1 Å². The number of pyridine rings is 1. The summed E-state index contributed by atoms with van der Waals surface area (Å²) >= 11 is 4.60. The molecule has 118 valence electrons. The van der Waals surface area contributed by atoms with Crippen LogP contribution < -0.4 is 16.6 Å². The number of fused-ring (bicyclic) bond motifs is 1. The molecule has 0 aliphatic rings. The van der Waals surface area contributed by atoms with Gasteiger partial charge in [0.15, 0.2) is 0 Å². The van der Waals surface area contributed by atoms with Crippen LogP contribution >= 0.6 is 27.3 Å². The van der Waals surface area contributed by atoms with E-state index in [0.717, 1.165) is 8.35 Å². The van der Waals surface area contributed by atoms with Gasteiger partial charge < -0.3 is 5.32 Å². The summed E-state index contributed by atoms with van der Waals surface area (Å²) in [5.74, 6) is -0.288. The highest BCUT2D eigenvalue weighted by Crippen LogP contribution is 2.23. The summed E-state index contributed by atoms with van der Waals surface area (Å²) in [4.78, 5) is 40.9. The Morgan fingerprint density at radius 1 is 1.26 bits per heavy atom. The number of carbonyl (C=O) groups excluding carboxylic acids is 1. The molecular weight excluding hydrogens is 384 g/mol. The zero-order chi connectivity index (χ0) is 16.7. The molecule has 0 aromatic carbocycles. The predicted octanol–water partition coefficient (Wildman–Crippen LogP) is 1.71. The molecule has 9 heteroatoms. The van der Waals surface area contributed by atoms with Crippen LogP contribution in [0.25, 0.3) is 11.0 Å². The van der Waals surface area contributed by atoms with Crippen LogP contribution in [0.15, 0.2) is 37.8 Å². The van der Waals surface area contributed by atoms with Gasteiger partial charge in [0.25, 0.3) is 11.5 Å². The van der Waals surface area contributed by atoms with Gasteiger partial charge in [-0.3, -0.25) is 18.7 Å². The van der Waals surface area contributed by atoms with Gasteiger partial charge in [-0.15, -0.1) is 11.3 Å². The fourth-order valence-corrected chi connectivity index (χ4v) is 3.44. The van der Waals surface area contributed by atoms with E-state index in [-0.39, 0.29) is 16.9 Å². The highest BCUT2D eigenvalue weighted by molar-refractivity contribution is 9.11. The molecule has 3 rings (SSSR count). The number of aryl methyl sites for hydroxylation is 1. The minimum absolute atomic E-state index is 0.264. The van der Waals surface area contributed by atoms with E-state index in [4.69, 9.17) is 0 Å². The van der Waals surface area contributed by atoms with E-state index in [9.17, 15) is 14.4 Å². The molecule has 1 N–H and O–H groups in total. The SMILES string of the molecule is Cn1c(=O)c2cc(NC(=O)c3ccc(Br)s3)cnc2n(C)c1=O. The van der Waals surface area contributed by atoms with Crippen LogP contribution in [0, 0.1) is 0 Å². The Morgan fingerprint density at radius 3 is 2.65 bits per heavy atom. The lowest BCUT2D eigenvalue weighted by Gasteiger charge is -2.08. The van der Waals surface area contributed by atoms with E-state index in [1.807, 2.05) is 0 Å². The number of carbonyl (C=O) groups is 1. The number of aromatic nitrogens is 3. The number of nitrogens with one attached hydrogen (secondary N) is 1. The van der Waals surface area contributed by atoms with Gasteiger partial charge in [-0.05, 0) is 34.1 Å². The first-order valence-electron chi connectivity index (χ1n) is 6.51. The summed E-state index contributed by atoms with van der Waals surface area (Å²) < 4.78 is 3.15. The highest BCUT2D eigenvalue weighted by atomic mass is 79.9. The molecule has 0 saturated carbocycles. The summed E-state index contributed by atoms with van der Waals surface area (Å²) in [6.45, 7) is 0. The number of nitrogens with zero attached hydrogens (tertiary/aromatic N) is 3. The zero-order valence-electron chi connectivity index (χ0n) is 12.2. The quantitative estimate of drug-likeness (QED) is 0.716. The van der Waals surface area contributed by atoms with Crippen LogP contribution in [-0.4, -0.2) is 20.0 Å². The molecule has 3 heterocycles. The number of rotatable bonds is 2. The number of hydrogen-bond acceptors (Lipinski definition) is 5. The third kappa shape index (κ3) is 2.73. The molecule has 0 fully saturated rings. The average Bonchev–Trinajstić information content (AvgIpc) is 2.97. The lowest BCUT2D eigenvalue weighted by Crippen LogP contribution is -2.37. The van der Waals surface area contributed by atoms with Gasteiger partial charge >= 0.3 is 5.69 Å². The zero-order valence-corrected chi connectivity index (χ0v) is 14.6. The van der Waals surface area contributed by atoms with Gasteiger partial charge in [0, 0.05) is 14.1 Å². The first kappa shape index (κ1) is 15.6. The second kappa shape index (κ2) is 5.74. The van der Waals surface area contributed by atoms with Crippen LogP contribution in [0.3, 0.4) is 0 Å². The second-order valence-electron chi connectivity index (χ2n) is 4.86. The van der Waals surface area contributed by atoms with E-state index in [1.54, 1.807) is 19.2 Å². The molecule has 0 aliphatic carbocycles. The molecule has 0 aliphatic heterocycles. The summed E-state index contributed by atoms with van der Waals surface area (Å²) in [5.41, 5.74) is -0.237.